The normalized spacial score (nSPS) is 20.9. The molecular formula is C26H29N3O4S. The predicted molar refractivity (Wildman–Crippen MR) is 136 cm³/mol. The van der Waals surface area contributed by atoms with Crippen LogP contribution in [0.15, 0.2) is 47.4 Å². The molecule has 8 heteroatoms. The maximum atomic E-state index is 13.0. The van der Waals surface area contributed by atoms with Crippen molar-refractivity contribution in [2.24, 2.45) is 0 Å². The van der Waals surface area contributed by atoms with E-state index in [1.165, 1.54) is 23.4 Å². The number of carbonyl (C=O) groups excluding carboxylic acids is 2. The Morgan fingerprint density at radius 3 is 2.62 bits per heavy atom. The van der Waals surface area contributed by atoms with Crippen LogP contribution in [-0.4, -0.2) is 32.6 Å². The molecule has 7 nitrogen and oxygen atoms in total. The Bertz CT molecular complexity index is 1200. The minimum atomic E-state index is -0.490. The van der Waals surface area contributed by atoms with Gasteiger partial charge in [0.25, 0.3) is 16.8 Å². The number of benzene rings is 2. The van der Waals surface area contributed by atoms with Crippen molar-refractivity contribution in [3.05, 3.63) is 74.2 Å². The van der Waals surface area contributed by atoms with Gasteiger partial charge in [-0.3, -0.25) is 24.6 Å². The van der Waals surface area contributed by atoms with E-state index in [0.717, 1.165) is 28.6 Å². The van der Waals surface area contributed by atoms with E-state index in [4.69, 9.17) is 0 Å². The minimum Gasteiger partial charge on any atom is -0.364 e. The molecule has 0 aromatic heterocycles. The largest absolute Gasteiger partial charge is 0.364 e. The highest BCUT2D eigenvalue weighted by Gasteiger charge is 2.38. The third-order valence-corrected chi connectivity index (χ3v) is 7.36. The fourth-order valence-corrected chi connectivity index (χ4v) is 6.11. The van der Waals surface area contributed by atoms with Crippen LogP contribution in [0.3, 0.4) is 0 Å². The van der Waals surface area contributed by atoms with Gasteiger partial charge in [-0.1, -0.05) is 25.1 Å². The first-order chi connectivity index (χ1) is 16.0. The van der Waals surface area contributed by atoms with Crippen molar-refractivity contribution in [1.29, 1.82) is 0 Å². The second-order valence-corrected chi connectivity index (χ2v) is 10.9. The Morgan fingerprint density at radius 2 is 1.94 bits per heavy atom. The molecule has 0 bridgehead atoms. The number of carbonyl (C=O) groups is 2. The first-order valence-corrected chi connectivity index (χ1v) is 12.2. The van der Waals surface area contributed by atoms with Crippen LogP contribution in [0, 0.1) is 10.1 Å². The summed E-state index contributed by atoms with van der Waals surface area (Å²) in [6.45, 7) is 11.2. The Kier molecular flexibility index (Phi) is 6.29. The maximum Gasteiger partial charge on any atom is 0.293 e. The number of anilines is 1. The summed E-state index contributed by atoms with van der Waals surface area (Å²) >= 11 is 0.904. The van der Waals surface area contributed by atoms with Crippen LogP contribution in [0.25, 0.3) is 6.08 Å². The van der Waals surface area contributed by atoms with Gasteiger partial charge in [0.15, 0.2) is 0 Å². The Morgan fingerprint density at radius 1 is 1.21 bits per heavy atom. The molecule has 0 radical (unpaired) electrons. The van der Waals surface area contributed by atoms with E-state index >= 15 is 0 Å². The van der Waals surface area contributed by atoms with Gasteiger partial charge >= 0.3 is 0 Å². The third kappa shape index (κ3) is 4.46. The molecule has 4 rings (SSSR count). The number of nitro benzene ring substituents is 1. The van der Waals surface area contributed by atoms with E-state index in [-0.39, 0.29) is 28.9 Å². The van der Waals surface area contributed by atoms with Crippen molar-refractivity contribution in [2.45, 2.75) is 65.1 Å². The summed E-state index contributed by atoms with van der Waals surface area (Å²) in [7, 11) is 0. The number of hydrogen-bond donors (Lipinski definition) is 0. The van der Waals surface area contributed by atoms with Crippen LogP contribution in [0.4, 0.5) is 16.2 Å². The SMILES string of the molecule is CC(C)N1c2ccc(/C=C3\SC(=O)N(Cc4cccc([N+](=O)[O-])c4)C3=O)cc2[C@@H](C)CC1(C)C. The van der Waals surface area contributed by atoms with Gasteiger partial charge in [0, 0.05) is 29.4 Å². The van der Waals surface area contributed by atoms with Gasteiger partial charge in [0.1, 0.15) is 0 Å². The molecule has 0 aliphatic carbocycles. The summed E-state index contributed by atoms with van der Waals surface area (Å²) in [5.74, 6) is -0.00509. The van der Waals surface area contributed by atoms with Crippen molar-refractivity contribution in [3.63, 3.8) is 0 Å². The molecule has 2 aromatic rings. The third-order valence-electron chi connectivity index (χ3n) is 6.45. The number of rotatable bonds is 5. The van der Waals surface area contributed by atoms with Crippen LogP contribution < -0.4 is 4.90 Å². The Hall–Kier alpha value is -3.13. The summed E-state index contributed by atoms with van der Waals surface area (Å²) in [4.78, 5) is 40.1. The quantitative estimate of drug-likeness (QED) is 0.283. The summed E-state index contributed by atoms with van der Waals surface area (Å²) in [6, 6.07) is 12.6. The first kappa shape index (κ1) is 24.0. The van der Waals surface area contributed by atoms with Crippen LogP contribution in [-0.2, 0) is 11.3 Å². The van der Waals surface area contributed by atoms with E-state index < -0.39 is 4.92 Å². The lowest BCUT2D eigenvalue weighted by Crippen LogP contribution is -2.51. The van der Waals surface area contributed by atoms with Crippen LogP contribution >= 0.6 is 11.8 Å². The number of imide groups is 1. The van der Waals surface area contributed by atoms with Gasteiger partial charge < -0.3 is 4.90 Å². The van der Waals surface area contributed by atoms with Crippen molar-refractivity contribution in [3.8, 4) is 0 Å². The number of nitro groups is 1. The van der Waals surface area contributed by atoms with Crippen molar-refractivity contribution >= 4 is 40.4 Å². The molecule has 2 heterocycles. The lowest BCUT2D eigenvalue weighted by molar-refractivity contribution is -0.384. The van der Waals surface area contributed by atoms with Gasteiger partial charge in [-0.25, -0.2) is 0 Å². The number of nitrogens with zero attached hydrogens (tertiary/aromatic N) is 3. The zero-order valence-electron chi connectivity index (χ0n) is 20.1. The minimum absolute atomic E-state index is 0.00331. The van der Waals surface area contributed by atoms with Gasteiger partial charge in [0.05, 0.1) is 16.4 Å². The number of amides is 2. The second-order valence-electron chi connectivity index (χ2n) is 9.89. The molecule has 2 aliphatic heterocycles. The van der Waals surface area contributed by atoms with Gasteiger partial charge in [-0.15, -0.1) is 0 Å². The number of non-ortho nitro benzene ring substituents is 1. The summed E-state index contributed by atoms with van der Waals surface area (Å²) in [5.41, 5.74) is 3.87. The molecule has 178 valence electrons. The summed E-state index contributed by atoms with van der Waals surface area (Å²) in [5, 5.41) is 10.7. The molecule has 0 spiro atoms. The highest BCUT2D eigenvalue weighted by molar-refractivity contribution is 8.18. The van der Waals surface area contributed by atoms with Crippen LogP contribution in [0.5, 0.6) is 0 Å². The van der Waals surface area contributed by atoms with E-state index in [9.17, 15) is 19.7 Å². The molecule has 2 amide bonds. The average molecular weight is 480 g/mol. The number of fused-ring (bicyclic) bond motifs is 1. The van der Waals surface area contributed by atoms with Crippen LogP contribution in [0.2, 0.25) is 0 Å². The standard InChI is InChI=1S/C26H29N3O4S/c1-16(2)28-22-10-9-18(12-21(22)17(3)14-26(28,4)5)13-23-24(30)27(25(31)34-23)15-19-7-6-8-20(11-19)29(32)33/h6-13,16-17H,14-15H2,1-5H3/b23-13-/t17-/m0/s1. The molecule has 1 atom stereocenters. The monoisotopic (exact) mass is 479 g/mol. The second kappa shape index (κ2) is 8.91. The first-order valence-electron chi connectivity index (χ1n) is 11.4. The number of hydrogen-bond acceptors (Lipinski definition) is 6. The van der Waals surface area contributed by atoms with Crippen LogP contribution in [0.1, 0.15) is 63.6 Å². The highest BCUT2D eigenvalue weighted by Crippen LogP contribution is 2.45. The van der Waals surface area contributed by atoms with Crippen molar-refractivity contribution in [2.75, 3.05) is 4.90 Å². The lowest BCUT2D eigenvalue weighted by atomic mass is 9.79. The van der Waals surface area contributed by atoms with E-state index in [0.29, 0.717) is 22.4 Å². The van der Waals surface area contributed by atoms with Crippen molar-refractivity contribution < 1.29 is 14.5 Å². The van der Waals surface area contributed by atoms with E-state index in [1.54, 1.807) is 18.2 Å². The predicted octanol–water partition coefficient (Wildman–Crippen LogP) is 6.33. The summed E-state index contributed by atoms with van der Waals surface area (Å²) in [6.07, 6.45) is 2.80. The molecule has 34 heavy (non-hydrogen) atoms. The fourth-order valence-electron chi connectivity index (χ4n) is 5.28. The molecular weight excluding hydrogens is 450 g/mol. The average Bonchev–Trinajstić information content (AvgIpc) is 3.01. The highest BCUT2D eigenvalue weighted by atomic mass is 32.2. The maximum absolute atomic E-state index is 13.0. The Labute approximate surface area is 204 Å². The molecule has 0 unspecified atom stereocenters. The van der Waals surface area contributed by atoms with Gasteiger partial charge in [0.2, 0.25) is 0 Å². The van der Waals surface area contributed by atoms with Gasteiger partial charge in [-0.05, 0) is 86.7 Å². The van der Waals surface area contributed by atoms with E-state index in [2.05, 4.69) is 51.7 Å². The molecule has 1 saturated heterocycles. The molecule has 1 fully saturated rings. The molecule has 2 aromatic carbocycles. The molecule has 0 saturated carbocycles. The summed E-state index contributed by atoms with van der Waals surface area (Å²) < 4.78 is 0. The van der Waals surface area contributed by atoms with Crippen molar-refractivity contribution in [1.82, 2.24) is 4.90 Å². The zero-order valence-corrected chi connectivity index (χ0v) is 20.9. The number of thioether (sulfide) groups is 1. The van der Waals surface area contributed by atoms with Gasteiger partial charge in [-0.2, -0.15) is 0 Å². The lowest BCUT2D eigenvalue weighted by Gasteiger charge is -2.50. The smallest absolute Gasteiger partial charge is 0.293 e. The topological polar surface area (TPSA) is 83.8 Å². The fraction of sp³-hybridized carbons (Fsp3) is 0.385. The molecule has 0 N–H and O–H groups in total. The molecule has 2 aliphatic rings. The zero-order chi connectivity index (χ0) is 24.8. The van der Waals surface area contributed by atoms with E-state index in [1.807, 2.05) is 6.07 Å². The Balaban J connectivity index is 1.60.